The normalized spacial score (nSPS) is 25.7. The van der Waals surface area contributed by atoms with E-state index < -0.39 is 0 Å². The molecular weight excluding hydrogens is 398 g/mol. The molecule has 1 aliphatic carbocycles. The summed E-state index contributed by atoms with van der Waals surface area (Å²) in [6.07, 6.45) is 5.45. The van der Waals surface area contributed by atoms with Gasteiger partial charge < -0.3 is 5.32 Å². The molecule has 0 aromatic carbocycles. The quantitative estimate of drug-likeness (QED) is 0.595. The minimum absolute atomic E-state index is 0.467. The van der Waals surface area contributed by atoms with Crippen LogP contribution in [0.4, 0.5) is 0 Å². The maximum absolute atomic E-state index is 3.62. The minimum atomic E-state index is 0.467. The maximum atomic E-state index is 3.62. The monoisotopic (exact) mass is 421 g/mol. The lowest BCUT2D eigenvalue weighted by Crippen LogP contribution is -2.31. The van der Waals surface area contributed by atoms with Crippen molar-refractivity contribution in [1.29, 1.82) is 0 Å². The summed E-state index contributed by atoms with van der Waals surface area (Å²) in [6, 6.07) is 2.77. The molecular formula is C16H25Br2NS. The van der Waals surface area contributed by atoms with Gasteiger partial charge in [-0.15, -0.1) is 11.3 Å². The Labute approximate surface area is 144 Å². The van der Waals surface area contributed by atoms with Gasteiger partial charge in [-0.05, 0) is 87.9 Å². The molecule has 0 radical (unpaired) electrons. The first-order valence-electron chi connectivity index (χ1n) is 7.45. The lowest BCUT2D eigenvalue weighted by Gasteiger charge is -2.39. The summed E-state index contributed by atoms with van der Waals surface area (Å²) in [5, 5.41) is 3.55. The molecule has 1 saturated carbocycles. The van der Waals surface area contributed by atoms with Crippen LogP contribution in [-0.4, -0.2) is 7.05 Å². The first-order chi connectivity index (χ1) is 9.32. The van der Waals surface area contributed by atoms with E-state index in [-0.39, 0.29) is 0 Å². The molecule has 0 aliphatic heterocycles. The summed E-state index contributed by atoms with van der Waals surface area (Å²) in [7, 11) is 2.10. The Kier molecular flexibility index (Phi) is 5.78. The van der Waals surface area contributed by atoms with Crippen molar-refractivity contribution >= 4 is 43.2 Å². The highest BCUT2D eigenvalue weighted by Crippen LogP contribution is 2.45. The van der Waals surface area contributed by atoms with Gasteiger partial charge in [0.2, 0.25) is 0 Å². The average molecular weight is 423 g/mol. The van der Waals surface area contributed by atoms with E-state index in [9.17, 15) is 0 Å². The summed E-state index contributed by atoms with van der Waals surface area (Å²) in [6.45, 7) is 7.17. The molecule has 0 saturated heterocycles. The van der Waals surface area contributed by atoms with E-state index in [1.54, 1.807) is 0 Å². The van der Waals surface area contributed by atoms with Crippen LogP contribution in [0, 0.1) is 17.3 Å². The zero-order chi connectivity index (χ0) is 14.9. The van der Waals surface area contributed by atoms with Gasteiger partial charge in [0.15, 0.2) is 0 Å². The number of hydrogen-bond acceptors (Lipinski definition) is 2. The SMILES string of the molecule is CNC(c1cc(Br)c(Br)s1)C1CCC(C(C)(C)C)CC1. The van der Waals surface area contributed by atoms with E-state index in [4.69, 9.17) is 0 Å². The van der Waals surface area contributed by atoms with Crippen LogP contribution in [0.2, 0.25) is 0 Å². The zero-order valence-corrected chi connectivity index (χ0v) is 16.8. The van der Waals surface area contributed by atoms with Gasteiger partial charge in [0.25, 0.3) is 0 Å². The molecule has 1 aliphatic rings. The largest absolute Gasteiger partial charge is 0.312 e. The number of rotatable bonds is 3. The van der Waals surface area contributed by atoms with Crippen LogP contribution in [-0.2, 0) is 0 Å². The Morgan fingerprint density at radius 1 is 1.20 bits per heavy atom. The van der Waals surface area contributed by atoms with Gasteiger partial charge in [0, 0.05) is 15.4 Å². The molecule has 1 N–H and O–H groups in total. The molecule has 1 atom stereocenters. The third kappa shape index (κ3) is 3.88. The smallest absolute Gasteiger partial charge is 0.0843 e. The van der Waals surface area contributed by atoms with E-state index in [0.29, 0.717) is 11.5 Å². The topological polar surface area (TPSA) is 12.0 Å². The number of thiophene rings is 1. The van der Waals surface area contributed by atoms with Crippen LogP contribution >= 0.6 is 43.2 Å². The number of nitrogens with one attached hydrogen (secondary N) is 1. The average Bonchev–Trinajstić information content (AvgIpc) is 2.70. The molecule has 1 heterocycles. The minimum Gasteiger partial charge on any atom is -0.312 e. The van der Waals surface area contributed by atoms with Crippen molar-refractivity contribution in [1.82, 2.24) is 5.32 Å². The second kappa shape index (κ2) is 6.80. The second-order valence-electron chi connectivity index (χ2n) is 7.01. The van der Waals surface area contributed by atoms with Crippen molar-refractivity contribution in [2.24, 2.45) is 17.3 Å². The van der Waals surface area contributed by atoms with Crippen LogP contribution in [0.25, 0.3) is 0 Å². The van der Waals surface area contributed by atoms with Crippen LogP contribution in [0.1, 0.15) is 57.4 Å². The lowest BCUT2D eigenvalue weighted by molar-refractivity contribution is 0.135. The Morgan fingerprint density at radius 3 is 2.20 bits per heavy atom. The highest BCUT2D eigenvalue weighted by Gasteiger charge is 2.33. The standard InChI is InChI=1S/C16H25Br2NS/c1-16(2,3)11-7-5-10(6-8-11)14(19-4)13-9-12(17)15(18)20-13/h9-11,14,19H,5-8H2,1-4H3. The fraction of sp³-hybridized carbons (Fsp3) is 0.750. The molecule has 1 aromatic heterocycles. The summed E-state index contributed by atoms with van der Waals surface area (Å²) >= 11 is 9.08. The van der Waals surface area contributed by atoms with Gasteiger partial charge in [-0.2, -0.15) is 0 Å². The van der Waals surface area contributed by atoms with Gasteiger partial charge in [-0.3, -0.25) is 0 Å². The van der Waals surface area contributed by atoms with E-state index in [2.05, 4.69) is 71.1 Å². The van der Waals surface area contributed by atoms with Crippen LogP contribution in [0.5, 0.6) is 0 Å². The van der Waals surface area contributed by atoms with E-state index in [1.807, 2.05) is 11.3 Å². The first-order valence-corrected chi connectivity index (χ1v) is 9.85. The molecule has 0 bridgehead atoms. The van der Waals surface area contributed by atoms with Crippen molar-refractivity contribution in [3.8, 4) is 0 Å². The molecule has 114 valence electrons. The molecule has 1 nitrogen and oxygen atoms in total. The van der Waals surface area contributed by atoms with Gasteiger partial charge in [-0.1, -0.05) is 20.8 Å². The Morgan fingerprint density at radius 2 is 1.80 bits per heavy atom. The Bertz CT molecular complexity index is 422. The molecule has 1 unspecified atom stereocenters. The molecule has 20 heavy (non-hydrogen) atoms. The molecule has 2 rings (SSSR count). The Hall–Kier alpha value is 0.620. The van der Waals surface area contributed by atoms with Crippen LogP contribution < -0.4 is 5.32 Å². The van der Waals surface area contributed by atoms with Gasteiger partial charge >= 0.3 is 0 Å². The fourth-order valence-electron chi connectivity index (χ4n) is 3.45. The van der Waals surface area contributed by atoms with Crippen molar-refractivity contribution in [3.05, 3.63) is 19.2 Å². The van der Waals surface area contributed by atoms with E-state index >= 15 is 0 Å². The Balaban J connectivity index is 2.04. The predicted molar refractivity (Wildman–Crippen MR) is 96.4 cm³/mol. The third-order valence-corrected chi connectivity index (χ3v) is 8.09. The van der Waals surface area contributed by atoms with E-state index in [1.165, 1.54) is 38.8 Å². The maximum Gasteiger partial charge on any atom is 0.0843 e. The summed E-state index contributed by atoms with van der Waals surface area (Å²) in [5.41, 5.74) is 0.467. The molecule has 1 aromatic rings. The number of hydrogen-bond donors (Lipinski definition) is 1. The van der Waals surface area contributed by atoms with Gasteiger partial charge in [0.05, 0.1) is 3.79 Å². The van der Waals surface area contributed by atoms with Crippen LogP contribution in [0.3, 0.4) is 0 Å². The summed E-state index contributed by atoms with van der Waals surface area (Å²) in [4.78, 5) is 1.45. The second-order valence-corrected chi connectivity index (χ2v) is 10.3. The van der Waals surface area contributed by atoms with Gasteiger partial charge in [0.1, 0.15) is 0 Å². The van der Waals surface area contributed by atoms with Crippen molar-refractivity contribution in [2.75, 3.05) is 7.05 Å². The zero-order valence-electron chi connectivity index (χ0n) is 12.8. The molecule has 0 spiro atoms. The van der Waals surface area contributed by atoms with Crippen molar-refractivity contribution < 1.29 is 0 Å². The highest BCUT2D eigenvalue weighted by atomic mass is 79.9. The first kappa shape index (κ1) is 17.0. The van der Waals surface area contributed by atoms with E-state index in [0.717, 1.165) is 11.8 Å². The fourth-order valence-corrected chi connectivity index (χ4v) is 5.74. The highest BCUT2D eigenvalue weighted by molar-refractivity contribution is 9.13. The molecule has 0 amide bonds. The summed E-state index contributed by atoms with van der Waals surface area (Å²) < 4.78 is 2.39. The van der Waals surface area contributed by atoms with Gasteiger partial charge in [-0.25, -0.2) is 0 Å². The lowest BCUT2D eigenvalue weighted by atomic mass is 9.68. The van der Waals surface area contributed by atoms with Crippen molar-refractivity contribution in [3.63, 3.8) is 0 Å². The van der Waals surface area contributed by atoms with Crippen molar-refractivity contribution in [2.45, 2.75) is 52.5 Å². The number of halogens is 2. The molecule has 1 fully saturated rings. The third-order valence-electron chi connectivity index (χ3n) is 4.75. The van der Waals surface area contributed by atoms with Crippen LogP contribution in [0.15, 0.2) is 14.3 Å². The predicted octanol–water partition coefficient (Wildman–Crippen LogP) is 6.39. The summed E-state index contributed by atoms with van der Waals surface area (Å²) in [5.74, 6) is 1.66. The molecule has 4 heteroatoms.